The molecule has 0 fully saturated rings. The second-order valence-electron chi connectivity index (χ2n) is 4.62. The number of hydrogen-bond acceptors (Lipinski definition) is 4. The number of rotatable bonds is 9. The molecule has 0 aliphatic rings. The average molecular weight is 342 g/mol. The maximum atomic E-state index is 12.9. The molecule has 0 saturated heterocycles. The molecule has 132 valence electrons. The summed E-state index contributed by atoms with van der Waals surface area (Å²) in [7, 11) is 0. The summed E-state index contributed by atoms with van der Waals surface area (Å²) in [4.78, 5) is 10.8. The molecule has 0 radical (unpaired) electrons. The monoisotopic (exact) mass is 342 g/mol. The number of ether oxygens (including phenoxy) is 1. The van der Waals surface area contributed by atoms with Crippen LogP contribution in [0.15, 0.2) is 0 Å². The molecule has 4 N–H and O–H groups in total. The van der Waals surface area contributed by atoms with Crippen molar-refractivity contribution in [2.45, 2.75) is 49.7 Å². The molecule has 1 unspecified atom stereocenters. The third-order valence-corrected chi connectivity index (χ3v) is 2.74. The highest BCUT2D eigenvalue weighted by Gasteiger charge is 2.77. The number of hydrogen-bond donors (Lipinski definition) is 2. The Kier molecular flexibility index (Phi) is 7.55. The number of esters is 1. The van der Waals surface area contributed by atoms with Crippen molar-refractivity contribution in [1.29, 1.82) is 0 Å². The molecule has 11 heteroatoms. The van der Waals surface area contributed by atoms with Crippen LogP contribution in [0.2, 0.25) is 0 Å². The summed E-state index contributed by atoms with van der Waals surface area (Å²) in [6.07, 6.45) is -5.27. The van der Waals surface area contributed by atoms with E-state index in [1.807, 2.05) is 0 Å². The minimum atomic E-state index is -6.57. The van der Waals surface area contributed by atoms with Gasteiger partial charge >= 0.3 is 24.0 Å². The molecule has 0 spiro atoms. The zero-order valence-corrected chi connectivity index (χ0v) is 11.4. The summed E-state index contributed by atoms with van der Waals surface area (Å²) < 4.78 is 90.1. The van der Waals surface area contributed by atoms with Crippen molar-refractivity contribution < 1.29 is 40.3 Å². The summed E-state index contributed by atoms with van der Waals surface area (Å²) in [6.45, 7) is -0.347. The van der Waals surface area contributed by atoms with E-state index < -0.39 is 30.6 Å². The molecular weight excluding hydrogens is 325 g/mol. The predicted octanol–water partition coefficient (Wildman–Crippen LogP) is 2.21. The zero-order valence-electron chi connectivity index (χ0n) is 11.4. The van der Waals surface area contributed by atoms with Crippen LogP contribution in [-0.2, 0) is 9.53 Å². The Morgan fingerprint density at radius 1 is 1.00 bits per heavy atom. The topological polar surface area (TPSA) is 78.3 Å². The third kappa shape index (κ3) is 5.27. The van der Waals surface area contributed by atoms with Gasteiger partial charge in [0.2, 0.25) is 0 Å². The molecular formula is C11H17F7N2O2. The second kappa shape index (κ2) is 7.95. The van der Waals surface area contributed by atoms with E-state index >= 15 is 0 Å². The van der Waals surface area contributed by atoms with Gasteiger partial charge in [-0.25, -0.2) is 4.79 Å². The smallest absolute Gasteiger partial charge is 0.460 e. The molecule has 22 heavy (non-hydrogen) atoms. The lowest BCUT2D eigenvalue weighted by Gasteiger charge is -2.26. The molecule has 0 aliphatic heterocycles. The van der Waals surface area contributed by atoms with Crippen LogP contribution in [0.25, 0.3) is 0 Å². The maximum Gasteiger partial charge on any atom is 0.460 e. The van der Waals surface area contributed by atoms with Gasteiger partial charge in [0.1, 0.15) is 0 Å². The van der Waals surface area contributed by atoms with Gasteiger partial charge in [0.15, 0.2) is 0 Å². The van der Waals surface area contributed by atoms with Crippen LogP contribution in [0, 0.1) is 0 Å². The van der Waals surface area contributed by atoms with Crippen molar-refractivity contribution in [3.63, 3.8) is 0 Å². The summed E-state index contributed by atoms with van der Waals surface area (Å²) in [5.74, 6) is -15.4. The van der Waals surface area contributed by atoms with Gasteiger partial charge in [0.25, 0.3) is 0 Å². The lowest BCUT2D eigenvalue weighted by Crippen LogP contribution is -2.56. The Morgan fingerprint density at radius 2 is 1.50 bits per heavy atom. The molecule has 0 heterocycles. The Hall–Kier alpha value is -1.10. The number of halogens is 7. The molecule has 1 atom stereocenters. The van der Waals surface area contributed by atoms with Crippen molar-refractivity contribution in [2.24, 2.45) is 11.5 Å². The third-order valence-electron chi connectivity index (χ3n) is 2.74. The molecule has 0 aromatic carbocycles. The van der Waals surface area contributed by atoms with Gasteiger partial charge in [-0.15, -0.1) is 0 Å². The number of alkyl halides is 7. The summed E-state index contributed by atoms with van der Waals surface area (Å²) in [6, 6.07) is -0.362. The van der Waals surface area contributed by atoms with E-state index in [-0.39, 0.29) is 18.9 Å². The molecule has 0 amide bonds. The van der Waals surface area contributed by atoms with Crippen LogP contribution in [-0.4, -0.2) is 43.2 Å². The Balaban J connectivity index is 4.37. The van der Waals surface area contributed by atoms with Crippen LogP contribution < -0.4 is 11.5 Å². The lowest BCUT2D eigenvalue weighted by atomic mass is 10.1. The largest absolute Gasteiger partial charge is 0.461 e. The van der Waals surface area contributed by atoms with Gasteiger partial charge in [0, 0.05) is 6.04 Å². The van der Waals surface area contributed by atoms with Gasteiger partial charge in [-0.05, 0) is 32.2 Å². The molecule has 0 aromatic rings. The minimum absolute atomic E-state index is 0.0504. The first-order chi connectivity index (χ1) is 9.88. The van der Waals surface area contributed by atoms with Gasteiger partial charge < -0.3 is 16.2 Å². The summed E-state index contributed by atoms with van der Waals surface area (Å²) in [5.41, 5.74) is 10.8. The molecule has 0 rings (SSSR count). The van der Waals surface area contributed by atoms with Crippen LogP contribution in [0.5, 0.6) is 0 Å². The van der Waals surface area contributed by atoms with E-state index in [2.05, 4.69) is 4.74 Å². The first-order valence-corrected chi connectivity index (χ1v) is 6.33. The highest BCUT2D eigenvalue weighted by molar-refractivity contribution is 5.79. The van der Waals surface area contributed by atoms with Crippen LogP contribution in [0.1, 0.15) is 25.7 Å². The van der Waals surface area contributed by atoms with Crippen molar-refractivity contribution in [1.82, 2.24) is 0 Å². The molecule has 0 bridgehead atoms. The molecule has 4 nitrogen and oxygen atoms in total. The Bertz CT molecular complexity index is 361. The quantitative estimate of drug-likeness (QED) is 0.383. The fourth-order valence-corrected chi connectivity index (χ4v) is 1.43. The van der Waals surface area contributed by atoms with Crippen LogP contribution >= 0.6 is 0 Å². The average Bonchev–Trinajstić information content (AvgIpc) is 2.39. The minimum Gasteiger partial charge on any atom is -0.461 e. The normalized spacial score (nSPS) is 14.8. The number of nitrogens with two attached hydrogens (primary N) is 2. The SMILES string of the molecule is NCCCC(N)CCCOC(=O)C(F)(F)C(F)(F)C(F)(F)F. The van der Waals surface area contributed by atoms with Crippen LogP contribution in [0.4, 0.5) is 30.7 Å². The van der Waals surface area contributed by atoms with Crippen molar-refractivity contribution >= 4 is 5.97 Å². The maximum absolute atomic E-state index is 12.9. The lowest BCUT2D eigenvalue weighted by molar-refractivity contribution is -0.348. The fraction of sp³-hybridized carbons (Fsp3) is 0.909. The first kappa shape index (κ1) is 20.9. The zero-order chi connectivity index (χ0) is 17.6. The highest BCUT2D eigenvalue weighted by Crippen LogP contribution is 2.46. The predicted molar refractivity (Wildman–Crippen MR) is 62.4 cm³/mol. The van der Waals surface area contributed by atoms with Crippen molar-refractivity contribution in [3.8, 4) is 0 Å². The number of carbonyl (C=O) groups excluding carboxylic acids is 1. The fourth-order valence-electron chi connectivity index (χ4n) is 1.43. The molecule has 0 saturated carbocycles. The highest BCUT2D eigenvalue weighted by atomic mass is 19.4. The van der Waals surface area contributed by atoms with Gasteiger partial charge in [-0.2, -0.15) is 30.7 Å². The van der Waals surface area contributed by atoms with E-state index in [0.29, 0.717) is 19.4 Å². The van der Waals surface area contributed by atoms with E-state index in [4.69, 9.17) is 11.5 Å². The standard InChI is InChI=1S/C11H17F7N2O2/c12-9(13,10(14,15)11(16,17)18)8(21)22-6-2-4-7(20)3-1-5-19/h7H,1-6,19-20H2. The number of carbonyl (C=O) groups is 1. The Labute approximate surface area is 122 Å². The van der Waals surface area contributed by atoms with Gasteiger partial charge in [0.05, 0.1) is 6.61 Å². The summed E-state index contributed by atoms with van der Waals surface area (Å²) in [5, 5.41) is 0. The van der Waals surface area contributed by atoms with E-state index in [1.165, 1.54) is 0 Å². The van der Waals surface area contributed by atoms with Crippen molar-refractivity contribution in [2.75, 3.05) is 13.2 Å². The van der Waals surface area contributed by atoms with Gasteiger partial charge in [-0.3, -0.25) is 0 Å². The summed E-state index contributed by atoms with van der Waals surface area (Å²) >= 11 is 0. The first-order valence-electron chi connectivity index (χ1n) is 6.33. The Morgan fingerprint density at radius 3 is 1.95 bits per heavy atom. The molecule has 0 aliphatic carbocycles. The van der Waals surface area contributed by atoms with Gasteiger partial charge in [-0.1, -0.05) is 0 Å². The van der Waals surface area contributed by atoms with E-state index in [9.17, 15) is 35.5 Å². The van der Waals surface area contributed by atoms with E-state index in [0.717, 1.165) is 0 Å². The molecule has 0 aromatic heterocycles. The van der Waals surface area contributed by atoms with Crippen LogP contribution in [0.3, 0.4) is 0 Å². The van der Waals surface area contributed by atoms with E-state index in [1.54, 1.807) is 0 Å². The van der Waals surface area contributed by atoms with Crippen molar-refractivity contribution in [3.05, 3.63) is 0 Å². The second-order valence-corrected chi connectivity index (χ2v) is 4.62.